The fraction of sp³-hybridized carbons (Fsp3) is 0.562. The van der Waals surface area contributed by atoms with Crippen molar-refractivity contribution in [2.24, 2.45) is 0 Å². The van der Waals surface area contributed by atoms with Gasteiger partial charge in [-0.3, -0.25) is 4.79 Å². The van der Waals surface area contributed by atoms with E-state index in [1.54, 1.807) is 0 Å². The van der Waals surface area contributed by atoms with Crippen LogP contribution >= 0.6 is 0 Å². The fourth-order valence-electron chi connectivity index (χ4n) is 1.53. The zero-order valence-electron chi connectivity index (χ0n) is 13.0. The summed E-state index contributed by atoms with van der Waals surface area (Å²) >= 11 is 0. The monoisotopic (exact) mass is 312 g/mol. The third kappa shape index (κ3) is 10.1. The van der Waals surface area contributed by atoms with Crippen molar-refractivity contribution in [3.8, 4) is 5.75 Å². The number of rotatable bonds is 13. The number of hydrogen-bond donors (Lipinski definition) is 0. The van der Waals surface area contributed by atoms with E-state index in [-0.39, 0.29) is 12.4 Å². The molecule has 0 fully saturated rings. The lowest BCUT2D eigenvalue weighted by molar-refractivity contribution is -0.141. The van der Waals surface area contributed by atoms with Crippen LogP contribution in [0.25, 0.3) is 0 Å². The Hall–Kier alpha value is -1.63. The number of esters is 1. The predicted molar refractivity (Wildman–Crippen MR) is 81.0 cm³/mol. The Labute approximate surface area is 131 Å². The van der Waals surface area contributed by atoms with Crippen molar-refractivity contribution >= 4 is 5.97 Å². The molecule has 0 N–H and O–H groups in total. The topological polar surface area (TPSA) is 63.2 Å². The van der Waals surface area contributed by atoms with E-state index in [9.17, 15) is 4.79 Å². The Morgan fingerprint density at radius 2 is 1.36 bits per heavy atom. The molecule has 0 unspecified atom stereocenters. The molecule has 6 nitrogen and oxygen atoms in total. The summed E-state index contributed by atoms with van der Waals surface area (Å²) in [5.74, 6) is 0.568. The second-order valence-corrected chi connectivity index (χ2v) is 4.32. The number of para-hydroxylation sites is 1. The lowest BCUT2D eigenvalue weighted by Crippen LogP contribution is -2.13. The third-order valence-corrected chi connectivity index (χ3v) is 2.66. The molecule has 124 valence electrons. The van der Waals surface area contributed by atoms with Crippen LogP contribution in [0, 0.1) is 0 Å². The molecule has 22 heavy (non-hydrogen) atoms. The van der Waals surface area contributed by atoms with E-state index in [0.29, 0.717) is 46.2 Å². The maximum absolute atomic E-state index is 10.8. The van der Waals surface area contributed by atoms with E-state index in [0.717, 1.165) is 5.75 Å². The van der Waals surface area contributed by atoms with E-state index in [4.69, 9.17) is 18.9 Å². The first-order valence-corrected chi connectivity index (χ1v) is 7.31. The highest BCUT2D eigenvalue weighted by Gasteiger charge is 1.99. The minimum Gasteiger partial charge on any atom is -0.491 e. The molecule has 6 heteroatoms. The molecule has 0 atom stereocenters. The molecule has 0 saturated carbocycles. The summed E-state index contributed by atoms with van der Waals surface area (Å²) in [5.41, 5.74) is 0. The number of hydrogen-bond acceptors (Lipinski definition) is 6. The Kier molecular flexibility index (Phi) is 10.9. The Balaban J connectivity index is 1.77. The first kappa shape index (κ1) is 18.4. The molecule has 0 heterocycles. The summed E-state index contributed by atoms with van der Waals surface area (Å²) in [4.78, 5) is 10.8. The first-order valence-electron chi connectivity index (χ1n) is 7.31. The molecule has 0 amide bonds. The summed E-state index contributed by atoms with van der Waals surface area (Å²) in [7, 11) is 1.36. The van der Waals surface area contributed by atoms with Crippen LogP contribution in [0.2, 0.25) is 0 Å². The molecule has 0 aromatic heterocycles. The summed E-state index contributed by atoms with van der Waals surface area (Å²) < 4.78 is 25.9. The quantitative estimate of drug-likeness (QED) is 0.408. The molecule has 0 radical (unpaired) electrons. The van der Waals surface area contributed by atoms with Crippen LogP contribution in [0.5, 0.6) is 5.75 Å². The maximum atomic E-state index is 10.8. The lowest BCUT2D eigenvalue weighted by Gasteiger charge is -2.08. The number of ether oxygens (including phenoxy) is 5. The molecule has 1 rings (SSSR count). The van der Waals surface area contributed by atoms with Gasteiger partial charge >= 0.3 is 5.97 Å². The van der Waals surface area contributed by atoms with Crippen LogP contribution in [0.4, 0.5) is 0 Å². The van der Waals surface area contributed by atoms with Gasteiger partial charge in [0.1, 0.15) is 12.4 Å². The number of carbonyl (C=O) groups is 1. The van der Waals surface area contributed by atoms with Gasteiger partial charge in [-0.25, -0.2) is 0 Å². The van der Waals surface area contributed by atoms with Crippen LogP contribution in [-0.2, 0) is 23.7 Å². The zero-order valence-corrected chi connectivity index (χ0v) is 13.0. The highest BCUT2D eigenvalue weighted by atomic mass is 16.6. The zero-order chi connectivity index (χ0) is 15.9. The second kappa shape index (κ2) is 13.1. The van der Waals surface area contributed by atoms with Gasteiger partial charge in [0.15, 0.2) is 0 Å². The molecule has 0 aliphatic carbocycles. The van der Waals surface area contributed by atoms with Crippen molar-refractivity contribution in [2.75, 3.05) is 53.4 Å². The average molecular weight is 312 g/mol. The van der Waals surface area contributed by atoms with Crippen molar-refractivity contribution in [1.82, 2.24) is 0 Å². The molecule has 1 aromatic rings. The van der Waals surface area contributed by atoms with E-state index in [2.05, 4.69) is 4.74 Å². The van der Waals surface area contributed by atoms with Crippen molar-refractivity contribution in [3.05, 3.63) is 30.3 Å². The highest BCUT2D eigenvalue weighted by Crippen LogP contribution is 2.07. The molecule has 0 bridgehead atoms. The Bertz CT molecular complexity index is 381. The van der Waals surface area contributed by atoms with E-state index >= 15 is 0 Å². The van der Waals surface area contributed by atoms with Gasteiger partial charge in [-0.05, 0) is 12.1 Å². The van der Waals surface area contributed by atoms with Gasteiger partial charge in [0.2, 0.25) is 0 Å². The minimum atomic E-state index is -0.271. The van der Waals surface area contributed by atoms with Gasteiger partial charge in [-0.2, -0.15) is 0 Å². The second-order valence-electron chi connectivity index (χ2n) is 4.32. The molecule has 0 aliphatic rings. The minimum absolute atomic E-state index is 0.265. The predicted octanol–water partition coefficient (Wildman–Crippen LogP) is 1.68. The Morgan fingerprint density at radius 3 is 1.95 bits per heavy atom. The average Bonchev–Trinajstić information content (AvgIpc) is 2.56. The fourth-order valence-corrected chi connectivity index (χ4v) is 1.53. The van der Waals surface area contributed by atoms with Crippen LogP contribution in [0.15, 0.2) is 30.3 Å². The summed E-state index contributed by atoms with van der Waals surface area (Å²) in [6.45, 7) is 3.34. The first-order chi connectivity index (χ1) is 10.8. The molecular weight excluding hydrogens is 288 g/mol. The number of benzene rings is 1. The van der Waals surface area contributed by atoms with Gasteiger partial charge < -0.3 is 23.7 Å². The van der Waals surface area contributed by atoms with E-state index in [1.807, 2.05) is 30.3 Å². The van der Waals surface area contributed by atoms with Crippen molar-refractivity contribution < 1.29 is 28.5 Å². The van der Waals surface area contributed by atoms with Crippen LogP contribution in [-0.4, -0.2) is 59.3 Å². The normalized spacial score (nSPS) is 10.4. The van der Waals surface area contributed by atoms with E-state index in [1.165, 1.54) is 7.11 Å². The largest absolute Gasteiger partial charge is 0.491 e. The molecule has 0 saturated heterocycles. The summed E-state index contributed by atoms with van der Waals surface area (Å²) in [6, 6.07) is 9.61. The number of carbonyl (C=O) groups excluding carboxylic acids is 1. The Morgan fingerprint density at radius 1 is 0.818 bits per heavy atom. The van der Waals surface area contributed by atoms with Gasteiger partial charge in [0.05, 0.1) is 53.2 Å². The standard InChI is InChI=1S/C16H24O6/c1-18-16(17)7-8-19-9-10-20-11-12-21-13-14-22-15-5-3-2-4-6-15/h2-6H,7-14H2,1H3. The summed E-state index contributed by atoms with van der Waals surface area (Å²) in [5, 5.41) is 0. The van der Waals surface area contributed by atoms with Gasteiger partial charge in [-0.15, -0.1) is 0 Å². The van der Waals surface area contributed by atoms with Crippen LogP contribution < -0.4 is 4.74 Å². The summed E-state index contributed by atoms with van der Waals surface area (Å²) in [6.07, 6.45) is 0.265. The maximum Gasteiger partial charge on any atom is 0.307 e. The van der Waals surface area contributed by atoms with Crippen molar-refractivity contribution in [1.29, 1.82) is 0 Å². The van der Waals surface area contributed by atoms with Gasteiger partial charge in [-0.1, -0.05) is 18.2 Å². The molecule has 0 spiro atoms. The molecule has 0 aliphatic heterocycles. The van der Waals surface area contributed by atoms with Crippen molar-refractivity contribution in [3.63, 3.8) is 0 Å². The van der Waals surface area contributed by atoms with Crippen LogP contribution in [0.3, 0.4) is 0 Å². The molecule has 1 aromatic carbocycles. The van der Waals surface area contributed by atoms with Gasteiger partial charge in [0, 0.05) is 0 Å². The number of methoxy groups -OCH3 is 1. The highest BCUT2D eigenvalue weighted by molar-refractivity contribution is 5.69. The van der Waals surface area contributed by atoms with Gasteiger partial charge in [0.25, 0.3) is 0 Å². The third-order valence-electron chi connectivity index (χ3n) is 2.66. The molecular formula is C16H24O6. The van der Waals surface area contributed by atoms with Crippen LogP contribution in [0.1, 0.15) is 6.42 Å². The van der Waals surface area contributed by atoms with Crippen molar-refractivity contribution in [2.45, 2.75) is 6.42 Å². The smallest absolute Gasteiger partial charge is 0.307 e. The van der Waals surface area contributed by atoms with E-state index < -0.39 is 0 Å². The lowest BCUT2D eigenvalue weighted by atomic mass is 10.3. The SMILES string of the molecule is COC(=O)CCOCCOCCOCCOc1ccccc1.